The van der Waals surface area contributed by atoms with Gasteiger partial charge in [0.15, 0.2) is 0 Å². The summed E-state index contributed by atoms with van der Waals surface area (Å²) >= 11 is 1.45. The molecule has 2 N–H and O–H groups in total. The number of ketones is 1. The van der Waals surface area contributed by atoms with E-state index in [0.717, 1.165) is 24.8 Å². The van der Waals surface area contributed by atoms with Gasteiger partial charge in [-0.2, -0.15) is 0 Å². The summed E-state index contributed by atoms with van der Waals surface area (Å²) in [6, 6.07) is 7.47. The minimum atomic E-state index is -0.683. The van der Waals surface area contributed by atoms with E-state index in [1.165, 1.54) is 11.8 Å². The number of hydrogen-bond acceptors (Lipinski definition) is 6. The summed E-state index contributed by atoms with van der Waals surface area (Å²) in [6.45, 7) is 18.9. The van der Waals surface area contributed by atoms with Crippen LogP contribution in [0.5, 0.6) is 0 Å². The van der Waals surface area contributed by atoms with Crippen molar-refractivity contribution in [3.8, 4) is 0 Å². The number of hydrogen-bond donors (Lipinski definition) is 2. The Balaban J connectivity index is 1.51. The number of nitrogens with one attached hydrogen (secondary N) is 1. The van der Waals surface area contributed by atoms with Gasteiger partial charge in [0.2, 0.25) is 0 Å². The Kier molecular flexibility index (Phi) is 8.94. The second-order valence-corrected chi connectivity index (χ2v) is 15.8. The van der Waals surface area contributed by atoms with Crippen LogP contribution in [0.2, 0.25) is 0 Å². The Morgan fingerprint density at radius 1 is 1.22 bits per heavy atom. The van der Waals surface area contributed by atoms with E-state index >= 15 is 0 Å². The van der Waals surface area contributed by atoms with Gasteiger partial charge in [-0.3, -0.25) is 14.4 Å². The van der Waals surface area contributed by atoms with Gasteiger partial charge in [0.25, 0.3) is 5.91 Å². The summed E-state index contributed by atoms with van der Waals surface area (Å²) in [7, 11) is 0. The number of Topliss-reactive ketones (excluding diaryl/α,β-unsaturated/α-hetero) is 1. The molecule has 0 aliphatic heterocycles. The van der Waals surface area contributed by atoms with Crippen LogP contribution >= 0.6 is 11.8 Å². The summed E-state index contributed by atoms with van der Waals surface area (Å²) in [5.74, 6) is -0.189. The summed E-state index contributed by atoms with van der Waals surface area (Å²) in [4.78, 5) is 39.8. The number of amides is 1. The maximum atomic E-state index is 13.6. The molecule has 1 aromatic rings. The monoisotopic (exact) mass is 583 g/mol. The smallest absolute Gasteiger partial charge is 0.316 e. The lowest BCUT2D eigenvalue weighted by Gasteiger charge is -2.61. The molecule has 0 saturated heterocycles. The lowest BCUT2D eigenvalue weighted by Crippen LogP contribution is -2.63. The average Bonchev–Trinajstić information content (AvgIpc) is 3.29. The Morgan fingerprint density at radius 3 is 2.56 bits per heavy atom. The molecule has 3 aliphatic carbocycles. The van der Waals surface area contributed by atoms with Crippen LogP contribution in [0.4, 0.5) is 0 Å². The number of aryl methyl sites for hydroxylation is 1. The molecular formula is C34H49NO5S. The number of carbonyl (C=O) groups is 3. The number of rotatable bonds is 8. The quantitative estimate of drug-likeness (QED) is 0.282. The Labute approximate surface area is 250 Å². The Morgan fingerprint density at radius 2 is 1.90 bits per heavy atom. The number of benzene rings is 1. The van der Waals surface area contributed by atoms with Crippen molar-refractivity contribution in [3.63, 3.8) is 0 Å². The number of thioether (sulfide) groups is 1. The first-order valence-corrected chi connectivity index (χ1v) is 16.1. The number of aliphatic hydroxyl groups is 1. The minimum absolute atomic E-state index is 0.0586. The van der Waals surface area contributed by atoms with E-state index in [1.807, 2.05) is 58.0 Å². The van der Waals surface area contributed by atoms with Crippen LogP contribution in [0.3, 0.4) is 0 Å². The SMILES string of the molecule is C=C[C@]1(C)C[C@@H](OC(=O)CSC(C)(C)CNC(=O)c2ccccc2C)[C@]2(C)[C@H](C)CC[C@]3(CCC(=O)[C@H]32)[C@@H](C)[C@@H]1O. The van der Waals surface area contributed by atoms with Crippen molar-refractivity contribution in [2.45, 2.75) is 97.5 Å². The standard InChI is InChI=1S/C34H49NO5S/c1-9-32(7)18-26(33(8)22(3)14-16-34(23(4)29(32)38)17-15-25(36)28(33)34)40-27(37)19-41-31(5,6)20-35-30(39)24-13-11-10-12-21(24)2/h9-13,22-23,26,28-29,38H,1,14-20H2,2-8H3,(H,35,39)/t22-,23+,26-,28+,29+,32-,33+,34+/m1/s1. The zero-order valence-electron chi connectivity index (χ0n) is 25.9. The second kappa shape index (κ2) is 11.5. The van der Waals surface area contributed by atoms with Crippen LogP contribution in [-0.2, 0) is 14.3 Å². The first-order chi connectivity index (χ1) is 19.1. The first kappa shape index (κ1) is 31.8. The molecule has 0 aromatic heterocycles. The van der Waals surface area contributed by atoms with Gasteiger partial charge in [-0.05, 0) is 75.3 Å². The predicted octanol–water partition coefficient (Wildman–Crippen LogP) is 6.14. The molecular weight excluding hydrogens is 534 g/mol. The largest absolute Gasteiger partial charge is 0.461 e. The van der Waals surface area contributed by atoms with Crippen LogP contribution in [0.15, 0.2) is 36.9 Å². The van der Waals surface area contributed by atoms with Crippen molar-refractivity contribution in [2.75, 3.05) is 12.3 Å². The van der Waals surface area contributed by atoms with Gasteiger partial charge in [0, 0.05) is 40.0 Å². The molecule has 3 aliphatic rings. The Hall–Kier alpha value is -2.12. The summed E-state index contributed by atoms with van der Waals surface area (Å²) in [5, 5.41) is 14.7. The first-order valence-electron chi connectivity index (χ1n) is 15.1. The Bertz CT molecular complexity index is 1200. The van der Waals surface area contributed by atoms with Crippen molar-refractivity contribution in [1.29, 1.82) is 0 Å². The van der Waals surface area contributed by atoms with Gasteiger partial charge < -0.3 is 15.2 Å². The van der Waals surface area contributed by atoms with Gasteiger partial charge in [-0.1, -0.05) is 52.0 Å². The lowest BCUT2D eigenvalue weighted by molar-refractivity contribution is -0.205. The molecule has 41 heavy (non-hydrogen) atoms. The fraction of sp³-hybridized carbons (Fsp3) is 0.676. The summed E-state index contributed by atoms with van der Waals surface area (Å²) in [5.41, 5.74) is 0.0881. The fourth-order valence-electron chi connectivity index (χ4n) is 8.22. The van der Waals surface area contributed by atoms with E-state index in [4.69, 9.17) is 4.74 Å². The molecule has 3 saturated carbocycles. The predicted molar refractivity (Wildman–Crippen MR) is 165 cm³/mol. The number of carbonyl (C=O) groups excluding carboxylic acids is 3. The van der Waals surface area contributed by atoms with Crippen LogP contribution in [0.1, 0.15) is 89.6 Å². The highest BCUT2D eigenvalue weighted by Crippen LogP contribution is 2.68. The molecule has 2 bridgehead atoms. The third kappa shape index (κ3) is 5.65. The highest BCUT2D eigenvalue weighted by molar-refractivity contribution is 8.01. The summed E-state index contributed by atoms with van der Waals surface area (Å²) < 4.78 is 5.96. The highest BCUT2D eigenvalue weighted by atomic mass is 32.2. The topological polar surface area (TPSA) is 92.7 Å². The molecule has 8 atom stereocenters. The van der Waals surface area contributed by atoms with Crippen LogP contribution < -0.4 is 5.32 Å². The maximum Gasteiger partial charge on any atom is 0.316 e. The van der Waals surface area contributed by atoms with E-state index in [-0.39, 0.29) is 46.6 Å². The number of ether oxygens (including phenoxy) is 1. The normalized spacial score (nSPS) is 37.0. The zero-order chi connectivity index (χ0) is 30.4. The number of esters is 1. The molecule has 7 heteroatoms. The summed E-state index contributed by atoms with van der Waals surface area (Å²) in [6.07, 6.45) is 4.19. The molecule has 226 valence electrons. The second-order valence-electron chi connectivity index (χ2n) is 14.1. The maximum absolute atomic E-state index is 13.6. The van der Waals surface area contributed by atoms with Crippen molar-refractivity contribution < 1.29 is 24.2 Å². The van der Waals surface area contributed by atoms with Crippen molar-refractivity contribution in [3.05, 3.63) is 48.0 Å². The van der Waals surface area contributed by atoms with Gasteiger partial charge >= 0.3 is 5.97 Å². The fourth-order valence-corrected chi connectivity index (χ4v) is 8.97. The number of aliphatic hydroxyl groups excluding tert-OH is 1. The lowest BCUT2D eigenvalue weighted by atomic mass is 9.44. The van der Waals surface area contributed by atoms with Crippen molar-refractivity contribution >= 4 is 29.4 Å². The zero-order valence-corrected chi connectivity index (χ0v) is 26.7. The molecule has 6 nitrogen and oxygen atoms in total. The van der Waals surface area contributed by atoms with E-state index in [9.17, 15) is 19.5 Å². The molecule has 3 fully saturated rings. The molecule has 0 spiro atoms. The van der Waals surface area contributed by atoms with E-state index in [1.54, 1.807) is 0 Å². The van der Waals surface area contributed by atoms with Crippen LogP contribution in [0, 0.1) is 40.9 Å². The van der Waals surface area contributed by atoms with Crippen LogP contribution in [0.25, 0.3) is 0 Å². The average molecular weight is 584 g/mol. The molecule has 1 amide bonds. The molecule has 0 unspecified atom stereocenters. The molecule has 1 aromatic carbocycles. The van der Waals surface area contributed by atoms with Gasteiger partial charge in [0.1, 0.15) is 11.9 Å². The van der Waals surface area contributed by atoms with Gasteiger partial charge in [-0.25, -0.2) is 0 Å². The highest BCUT2D eigenvalue weighted by Gasteiger charge is 2.68. The molecule has 0 radical (unpaired) electrons. The van der Waals surface area contributed by atoms with E-state index in [0.29, 0.717) is 24.9 Å². The third-order valence-corrected chi connectivity index (χ3v) is 12.5. The van der Waals surface area contributed by atoms with Crippen molar-refractivity contribution in [1.82, 2.24) is 5.32 Å². The van der Waals surface area contributed by atoms with Crippen LogP contribution in [-0.4, -0.2) is 52.0 Å². The van der Waals surface area contributed by atoms with Gasteiger partial charge in [0.05, 0.1) is 11.9 Å². The van der Waals surface area contributed by atoms with Crippen molar-refractivity contribution in [2.24, 2.45) is 34.0 Å². The third-order valence-electron chi connectivity index (χ3n) is 11.2. The van der Waals surface area contributed by atoms with E-state index < -0.39 is 27.8 Å². The minimum Gasteiger partial charge on any atom is -0.461 e. The molecule has 0 heterocycles. The molecule has 4 rings (SSSR count). The van der Waals surface area contributed by atoms with E-state index in [2.05, 4.69) is 32.7 Å². The van der Waals surface area contributed by atoms with Gasteiger partial charge in [-0.15, -0.1) is 18.3 Å².